The maximum Gasteiger partial charge on any atom is 0.230 e. The van der Waals surface area contributed by atoms with Crippen molar-refractivity contribution in [3.63, 3.8) is 0 Å². The molecule has 0 spiro atoms. The summed E-state index contributed by atoms with van der Waals surface area (Å²) in [5.74, 6) is 0.376. The first-order chi connectivity index (χ1) is 10.1. The molecule has 112 valence electrons. The molecule has 0 bridgehead atoms. The summed E-state index contributed by atoms with van der Waals surface area (Å²) in [7, 11) is 0. The first-order valence-electron chi connectivity index (χ1n) is 6.99. The van der Waals surface area contributed by atoms with E-state index in [1.165, 1.54) is 17.3 Å². The molecular formula is C15H20N4OS. The predicted octanol–water partition coefficient (Wildman–Crippen LogP) is 2.50. The van der Waals surface area contributed by atoms with Crippen molar-refractivity contribution in [2.24, 2.45) is 0 Å². The Labute approximate surface area is 129 Å². The van der Waals surface area contributed by atoms with Crippen molar-refractivity contribution < 1.29 is 4.79 Å². The Hall–Kier alpha value is -1.82. The van der Waals surface area contributed by atoms with Gasteiger partial charge in [-0.25, -0.2) is 0 Å². The highest BCUT2D eigenvalue weighted by Gasteiger charge is 2.11. The van der Waals surface area contributed by atoms with Crippen LogP contribution in [0.3, 0.4) is 0 Å². The van der Waals surface area contributed by atoms with E-state index in [0.717, 1.165) is 22.8 Å². The number of nitrogens with one attached hydrogen (secondary N) is 1. The number of carbonyl (C=O) groups is 1. The van der Waals surface area contributed by atoms with Gasteiger partial charge in [-0.1, -0.05) is 36.4 Å². The molecule has 1 amide bonds. The standard InChI is InChI=1S/C15H20N4OS/c1-4-7-16-14(20)9-21-15-18-17-10-19(15)13-6-5-11(2)8-12(13)3/h5-6,8,10H,4,7,9H2,1-3H3,(H,16,20). The van der Waals surface area contributed by atoms with Gasteiger partial charge in [-0.05, 0) is 31.9 Å². The summed E-state index contributed by atoms with van der Waals surface area (Å²) in [6.07, 6.45) is 2.62. The number of hydrogen-bond donors (Lipinski definition) is 1. The van der Waals surface area contributed by atoms with Gasteiger partial charge in [0.05, 0.1) is 11.4 Å². The average Bonchev–Trinajstić information content (AvgIpc) is 2.91. The van der Waals surface area contributed by atoms with E-state index in [0.29, 0.717) is 12.3 Å². The van der Waals surface area contributed by atoms with Crippen LogP contribution in [0.15, 0.2) is 29.7 Å². The van der Waals surface area contributed by atoms with E-state index in [1.807, 2.05) is 11.5 Å². The van der Waals surface area contributed by atoms with Crippen LogP contribution in [-0.4, -0.2) is 33.0 Å². The summed E-state index contributed by atoms with van der Waals surface area (Å²) < 4.78 is 1.92. The van der Waals surface area contributed by atoms with Crippen LogP contribution in [0.4, 0.5) is 0 Å². The second kappa shape index (κ2) is 7.26. The minimum Gasteiger partial charge on any atom is -0.355 e. The second-order valence-corrected chi connectivity index (χ2v) is 5.85. The molecule has 0 saturated carbocycles. The normalized spacial score (nSPS) is 10.6. The number of aromatic nitrogens is 3. The number of benzene rings is 1. The van der Waals surface area contributed by atoms with Crippen molar-refractivity contribution in [1.29, 1.82) is 0 Å². The summed E-state index contributed by atoms with van der Waals surface area (Å²) in [5.41, 5.74) is 3.42. The van der Waals surface area contributed by atoms with Gasteiger partial charge in [0.2, 0.25) is 5.91 Å². The van der Waals surface area contributed by atoms with Gasteiger partial charge in [-0.2, -0.15) is 0 Å². The number of aryl methyl sites for hydroxylation is 2. The number of nitrogens with zero attached hydrogens (tertiary/aromatic N) is 3. The zero-order valence-electron chi connectivity index (χ0n) is 12.6. The molecule has 1 aromatic heterocycles. The number of thioether (sulfide) groups is 1. The van der Waals surface area contributed by atoms with Gasteiger partial charge in [0.15, 0.2) is 5.16 Å². The van der Waals surface area contributed by atoms with Gasteiger partial charge >= 0.3 is 0 Å². The van der Waals surface area contributed by atoms with Crippen molar-refractivity contribution >= 4 is 17.7 Å². The molecule has 2 aromatic rings. The van der Waals surface area contributed by atoms with Gasteiger partial charge in [0.1, 0.15) is 6.33 Å². The van der Waals surface area contributed by atoms with Crippen LogP contribution in [0.1, 0.15) is 24.5 Å². The van der Waals surface area contributed by atoms with Crippen molar-refractivity contribution in [1.82, 2.24) is 20.1 Å². The number of rotatable bonds is 6. The fourth-order valence-electron chi connectivity index (χ4n) is 2.01. The molecule has 0 aliphatic carbocycles. The lowest BCUT2D eigenvalue weighted by Gasteiger charge is -2.10. The Bertz CT molecular complexity index is 624. The predicted molar refractivity (Wildman–Crippen MR) is 84.9 cm³/mol. The minimum absolute atomic E-state index is 0.0250. The average molecular weight is 304 g/mol. The molecule has 6 heteroatoms. The highest BCUT2D eigenvalue weighted by atomic mass is 32.2. The topological polar surface area (TPSA) is 59.8 Å². The summed E-state index contributed by atoms with van der Waals surface area (Å²) in [4.78, 5) is 11.7. The van der Waals surface area contributed by atoms with Crippen LogP contribution >= 0.6 is 11.8 Å². The highest BCUT2D eigenvalue weighted by molar-refractivity contribution is 7.99. The van der Waals surface area contributed by atoms with E-state index in [4.69, 9.17) is 0 Å². The van der Waals surface area contributed by atoms with Crippen LogP contribution in [0.2, 0.25) is 0 Å². The number of hydrogen-bond acceptors (Lipinski definition) is 4. The van der Waals surface area contributed by atoms with Gasteiger partial charge in [0, 0.05) is 6.54 Å². The van der Waals surface area contributed by atoms with E-state index in [9.17, 15) is 4.79 Å². The maximum absolute atomic E-state index is 11.7. The summed E-state index contributed by atoms with van der Waals surface area (Å²) in [6.45, 7) is 6.87. The number of carbonyl (C=O) groups excluding carboxylic acids is 1. The fraction of sp³-hybridized carbons (Fsp3) is 0.400. The van der Waals surface area contributed by atoms with Crippen LogP contribution < -0.4 is 5.32 Å². The van der Waals surface area contributed by atoms with Crippen LogP contribution in [-0.2, 0) is 4.79 Å². The molecule has 0 atom stereocenters. The lowest BCUT2D eigenvalue weighted by atomic mass is 10.1. The van der Waals surface area contributed by atoms with E-state index < -0.39 is 0 Å². The van der Waals surface area contributed by atoms with E-state index in [-0.39, 0.29) is 5.91 Å². The second-order valence-electron chi connectivity index (χ2n) is 4.91. The molecule has 0 aliphatic heterocycles. The maximum atomic E-state index is 11.7. The van der Waals surface area contributed by atoms with Gasteiger partial charge in [-0.3, -0.25) is 9.36 Å². The zero-order chi connectivity index (χ0) is 15.2. The fourth-order valence-corrected chi connectivity index (χ4v) is 2.76. The third-order valence-electron chi connectivity index (χ3n) is 3.03. The third-order valence-corrected chi connectivity index (χ3v) is 3.98. The molecule has 5 nitrogen and oxygen atoms in total. The Kier molecular flexibility index (Phi) is 5.38. The highest BCUT2D eigenvalue weighted by Crippen LogP contribution is 2.22. The monoisotopic (exact) mass is 304 g/mol. The largest absolute Gasteiger partial charge is 0.355 e. The first-order valence-corrected chi connectivity index (χ1v) is 7.97. The Morgan fingerprint density at radius 3 is 2.90 bits per heavy atom. The summed E-state index contributed by atoms with van der Waals surface area (Å²) >= 11 is 1.40. The SMILES string of the molecule is CCCNC(=O)CSc1nncn1-c1ccc(C)cc1C. The molecule has 0 radical (unpaired) electrons. The molecule has 0 saturated heterocycles. The number of amides is 1. The minimum atomic E-state index is 0.0250. The van der Waals surface area contributed by atoms with Gasteiger partial charge in [-0.15, -0.1) is 10.2 Å². The Morgan fingerprint density at radius 2 is 2.19 bits per heavy atom. The van der Waals surface area contributed by atoms with Crippen LogP contribution in [0, 0.1) is 13.8 Å². The first kappa shape index (κ1) is 15.6. The zero-order valence-corrected chi connectivity index (χ0v) is 13.4. The van der Waals surface area contributed by atoms with Crippen molar-refractivity contribution in [2.75, 3.05) is 12.3 Å². The molecular weight excluding hydrogens is 284 g/mol. The molecule has 1 heterocycles. The molecule has 2 rings (SSSR count). The molecule has 0 unspecified atom stereocenters. The summed E-state index contributed by atoms with van der Waals surface area (Å²) in [6, 6.07) is 6.23. The van der Waals surface area contributed by atoms with E-state index >= 15 is 0 Å². The third kappa shape index (κ3) is 4.07. The lowest BCUT2D eigenvalue weighted by Crippen LogP contribution is -2.25. The smallest absolute Gasteiger partial charge is 0.230 e. The molecule has 0 aliphatic rings. The lowest BCUT2D eigenvalue weighted by molar-refractivity contribution is -0.118. The van der Waals surface area contributed by atoms with Crippen LogP contribution in [0.5, 0.6) is 0 Å². The van der Waals surface area contributed by atoms with Gasteiger partial charge < -0.3 is 5.32 Å². The van der Waals surface area contributed by atoms with Gasteiger partial charge in [0.25, 0.3) is 0 Å². The molecule has 1 aromatic carbocycles. The molecule has 1 N–H and O–H groups in total. The van der Waals surface area contributed by atoms with Crippen molar-refractivity contribution in [3.05, 3.63) is 35.7 Å². The van der Waals surface area contributed by atoms with Crippen molar-refractivity contribution in [3.8, 4) is 5.69 Å². The van der Waals surface area contributed by atoms with Crippen LogP contribution in [0.25, 0.3) is 5.69 Å². The molecule has 21 heavy (non-hydrogen) atoms. The Balaban J connectivity index is 2.10. The molecule has 0 fully saturated rings. The van der Waals surface area contributed by atoms with E-state index in [2.05, 4.69) is 47.6 Å². The van der Waals surface area contributed by atoms with Crippen molar-refractivity contribution in [2.45, 2.75) is 32.3 Å². The Morgan fingerprint density at radius 1 is 1.38 bits per heavy atom. The quantitative estimate of drug-likeness (QED) is 0.833. The van der Waals surface area contributed by atoms with E-state index in [1.54, 1.807) is 6.33 Å². The summed E-state index contributed by atoms with van der Waals surface area (Å²) in [5, 5.41) is 11.7.